The maximum Gasteiger partial charge on any atom is 0.253 e. The van der Waals surface area contributed by atoms with E-state index < -0.39 is 5.54 Å². The molecule has 0 radical (unpaired) electrons. The average Bonchev–Trinajstić information content (AvgIpc) is 3.66. The van der Waals surface area contributed by atoms with Gasteiger partial charge in [-0.25, -0.2) is 4.98 Å². The molecule has 1 amide bonds. The lowest BCUT2D eigenvalue weighted by Gasteiger charge is -2.21. The van der Waals surface area contributed by atoms with E-state index in [1.807, 2.05) is 84.8 Å². The molecule has 2 N–H and O–H groups in total. The molecule has 192 valence electrons. The number of benzene rings is 3. The first-order valence-electron chi connectivity index (χ1n) is 12.7. The summed E-state index contributed by atoms with van der Waals surface area (Å²) in [5.74, 6) is 0.933. The largest absolute Gasteiger partial charge is 0.439 e. The van der Waals surface area contributed by atoms with E-state index in [9.17, 15) is 10.1 Å². The van der Waals surface area contributed by atoms with Gasteiger partial charge in [0.05, 0.1) is 17.3 Å². The standard InChI is InChI=1S/C31H30N4O2S/c1-31(33,18-21-9-4-3-5-10-21)28-20-34-29(37-28)23-15-22(25-11-8-12-27(38-2)26(25)19-32)16-24(17-23)30(36)35-13-6-7-14-35/h3-5,8-12,15-17,20H,6-7,13-14,18,33H2,1-2H3/t31-/m1/s1. The summed E-state index contributed by atoms with van der Waals surface area (Å²) in [7, 11) is 0. The molecule has 0 saturated carbocycles. The van der Waals surface area contributed by atoms with Crippen LogP contribution in [0, 0.1) is 11.3 Å². The number of aromatic nitrogens is 1. The minimum absolute atomic E-state index is 0.0235. The van der Waals surface area contributed by atoms with Crippen LogP contribution in [-0.2, 0) is 12.0 Å². The molecule has 4 aromatic rings. The van der Waals surface area contributed by atoms with Crippen molar-refractivity contribution in [3.63, 3.8) is 0 Å². The van der Waals surface area contributed by atoms with Crippen molar-refractivity contribution in [1.82, 2.24) is 9.88 Å². The molecule has 0 unspecified atom stereocenters. The molecule has 1 aliphatic heterocycles. The Kier molecular flexibility index (Phi) is 7.37. The number of oxazole rings is 1. The first kappa shape index (κ1) is 25.8. The molecule has 1 fully saturated rings. The van der Waals surface area contributed by atoms with Crippen LogP contribution in [-0.4, -0.2) is 35.1 Å². The summed E-state index contributed by atoms with van der Waals surface area (Å²) in [6, 6.07) is 23.8. The van der Waals surface area contributed by atoms with Crippen LogP contribution in [0.5, 0.6) is 0 Å². The van der Waals surface area contributed by atoms with Crippen molar-refractivity contribution in [3.8, 4) is 28.7 Å². The van der Waals surface area contributed by atoms with Crippen LogP contribution in [0.1, 0.15) is 47.0 Å². The van der Waals surface area contributed by atoms with E-state index >= 15 is 0 Å². The number of rotatable bonds is 7. The van der Waals surface area contributed by atoms with Crippen LogP contribution in [0.2, 0.25) is 0 Å². The van der Waals surface area contributed by atoms with Gasteiger partial charge >= 0.3 is 0 Å². The fourth-order valence-corrected chi connectivity index (χ4v) is 5.54. The Morgan fingerprint density at radius 1 is 1.11 bits per heavy atom. The highest BCUT2D eigenvalue weighted by Crippen LogP contribution is 2.35. The summed E-state index contributed by atoms with van der Waals surface area (Å²) < 4.78 is 6.23. The summed E-state index contributed by atoms with van der Waals surface area (Å²) in [6.07, 6.45) is 6.22. The Morgan fingerprint density at radius 2 is 1.84 bits per heavy atom. The lowest BCUT2D eigenvalue weighted by atomic mass is 9.92. The van der Waals surface area contributed by atoms with Crippen LogP contribution < -0.4 is 5.73 Å². The molecule has 38 heavy (non-hydrogen) atoms. The third-order valence-corrected chi connectivity index (χ3v) is 7.75. The Balaban J connectivity index is 1.58. The molecule has 1 atom stereocenters. The van der Waals surface area contributed by atoms with Gasteiger partial charge in [-0.3, -0.25) is 4.79 Å². The van der Waals surface area contributed by atoms with E-state index in [2.05, 4.69) is 11.1 Å². The molecule has 6 nitrogen and oxygen atoms in total. The quantitative estimate of drug-likeness (QED) is 0.288. The Hall–Kier alpha value is -3.86. The molecule has 1 saturated heterocycles. The molecule has 1 aliphatic rings. The number of nitriles is 1. The number of carbonyl (C=O) groups is 1. The minimum atomic E-state index is -0.765. The maximum absolute atomic E-state index is 13.4. The third kappa shape index (κ3) is 5.24. The van der Waals surface area contributed by atoms with Crippen molar-refractivity contribution in [2.24, 2.45) is 5.73 Å². The predicted octanol–water partition coefficient (Wildman–Crippen LogP) is 6.25. The Labute approximate surface area is 227 Å². The molecular formula is C31H30N4O2S. The molecular weight excluding hydrogens is 492 g/mol. The Bertz CT molecular complexity index is 1500. The zero-order valence-corrected chi connectivity index (χ0v) is 22.4. The van der Waals surface area contributed by atoms with Gasteiger partial charge in [0.25, 0.3) is 5.91 Å². The van der Waals surface area contributed by atoms with E-state index in [0.29, 0.717) is 34.8 Å². The predicted molar refractivity (Wildman–Crippen MR) is 151 cm³/mol. The second kappa shape index (κ2) is 10.9. The lowest BCUT2D eigenvalue weighted by Crippen LogP contribution is -2.35. The number of nitrogens with two attached hydrogens (primary N) is 1. The third-order valence-electron chi connectivity index (χ3n) is 6.97. The molecule has 0 bridgehead atoms. The summed E-state index contributed by atoms with van der Waals surface area (Å²) >= 11 is 1.52. The average molecular weight is 523 g/mol. The summed E-state index contributed by atoms with van der Waals surface area (Å²) in [6.45, 7) is 3.42. The van der Waals surface area contributed by atoms with Gasteiger partial charge in [-0.1, -0.05) is 42.5 Å². The zero-order valence-electron chi connectivity index (χ0n) is 21.6. The number of likely N-dealkylation sites (tertiary alicyclic amines) is 1. The number of hydrogen-bond donors (Lipinski definition) is 1. The van der Waals surface area contributed by atoms with Crippen molar-refractivity contribution in [1.29, 1.82) is 5.26 Å². The first-order chi connectivity index (χ1) is 18.4. The molecule has 0 spiro atoms. The van der Waals surface area contributed by atoms with Crippen molar-refractivity contribution < 1.29 is 9.21 Å². The van der Waals surface area contributed by atoms with Gasteiger partial charge in [-0.15, -0.1) is 11.8 Å². The normalized spacial score (nSPS) is 14.7. The van der Waals surface area contributed by atoms with Gasteiger partial charge in [-0.2, -0.15) is 5.26 Å². The van der Waals surface area contributed by atoms with Crippen molar-refractivity contribution in [2.45, 2.75) is 36.6 Å². The molecule has 7 heteroatoms. The van der Waals surface area contributed by atoms with Gasteiger partial charge in [0.2, 0.25) is 5.89 Å². The van der Waals surface area contributed by atoms with Gasteiger partial charge in [0.15, 0.2) is 0 Å². The number of nitrogens with zero attached hydrogens (tertiary/aromatic N) is 3. The highest BCUT2D eigenvalue weighted by molar-refractivity contribution is 7.98. The fourth-order valence-electron chi connectivity index (χ4n) is 4.97. The molecule has 1 aromatic heterocycles. The van der Waals surface area contributed by atoms with Crippen LogP contribution in [0.4, 0.5) is 0 Å². The molecule has 3 aromatic carbocycles. The smallest absolute Gasteiger partial charge is 0.253 e. The van der Waals surface area contributed by atoms with E-state index in [4.69, 9.17) is 10.2 Å². The highest BCUT2D eigenvalue weighted by Gasteiger charge is 2.28. The van der Waals surface area contributed by atoms with Crippen LogP contribution in [0.25, 0.3) is 22.6 Å². The monoisotopic (exact) mass is 522 g/mol. The summed E-state index contributed by atoms with van der Waals surface area (Å²) in [5.41, 5.74) is 10.4. The summed E-state index contributed by atoms with van der Waals surface area (Å²) in [5, 5.41) is 9.96. The zero-order chi connectivity index (χ0) is 26.7. The van der Waals surface area contributed by atoms with Gasteiger partial charge in [0, 0.05) is 34.7 Å². The van der Waals surface area contributed by atoms with Gasteiger partial charge < -0.3 is 15.1 Å². The summed E-state index contributed by atoms with van der Waals surface area (Å²) in [4.78, 5) is 20.8. The van der Waals surface area contributed by atoms with E-state index in [-0.39, 0.29) is 5.91 Å². The first-order valence-corrected chi connectivity index (χ1v) is 13.9. The van der Waals surface area contributed by atoms with Gasteiger partial charge in [0.1, 0.15) is 11.8 Å². The number of amides is 1. The number of carbonyl (C=O) groups excluding carboxylic acids is 1. The molecule has 0 aliphatic carbocycles. The topological polar surface area (TPSA) is 96.2 Å². The number of thioether (sulfide) groups is 1. The van der Waals surface area contributed by atoms with Crippen molar-refractivity contribution >= 4 is 17.7 Å². The maximum atomic E-state index is 13.4. The van der Waals surface area contributed by atoms with Crippen LogP contribution >= 0.6 is 11.8 Å². The fraction of sp³-hybridized carbons (Fsp3) is 0.258. The van der Waals surface area contributed by atoms with Gasteiger partial charge in [-0.05, 0) is 67.8 Å². The van der Waals surface area contributed by atoms with E-state index in [1.165, 1.54) is 11.8 Å². The van der Waals surface area contributed by atoms with E-state index in [0.717, 1.165) is 47.5 Å². The second-order valence-electron chi connectivity index (χ2n) is 9.90. The molecule has 5 rings (SSSR count). The van der Waals surface area contributed by atoms with E-state index in [1.54, 1.807) is 6.20 Å². The highest BCUT2D eigenvalue weighted by atomic mass is 32.2. The minimum Gasteiger partial charge on any atom is -0.439 e. The van der Waals surface area contributed by atoms with Crippen LogP contribution in [0.15, 0.2) is 82.2 Å². The Morgan fingerprint density at radius 3 is 2.55 bits per heavy atom. The van der Waals surface area contributed by atoms with Crippen LogP contribution in [0.3, 0.4) is 0 Å². The SMILES string of the molecule is CSc1cccc(-c2cc(C(=O)N3CCCC3)cc(-c3ncc([C@](C)(N)Cc4ccccc4)o3)c2)c1C#N. The lowest BCUT2D eigenvalue weighted by molar-refractivity contribution is 0.0793. The number of hydrogen-bond acceptors (Lipinski definition) is 6. The van der Waals surface area contributed by atoms with Crippen molar-refractivity contribution in [3.05, 3.63) is 95.4 Å². The second-order valence-corrected chi connectivity index (χ2v) is 10.8. The molecule has 2 heterocycles. The van der Waals surface area contributed by atoms with Crippen molar-refractivity contribution in [2.75, 3.05) is 19.3 Å².